The van der Waals surface area contributed by atoms with Gasteiger partial charge in [-0.15, -0.1) is 0 Å². The zero-order chi connectivity index (χ0) is 9.14. The average Bonchev–Trinajstić information content (AvgIpc) is 2.53. The normalized spacial score (nSPS) is 16.4. The number of thiophene rings is 1. The Morgan fingerprint density at radius 3 is 2.42 bits per heavy atom. The molecule has 2 atom stereocenters. The van der Waals surface area contributed by atoms with Crippen LogP contribution in [0.4, 0.5) is 0 Å². The molecule has 0 spiro atoms. The van der Waals surface area contributed by atoms with Gasteiger partial charge < -0.3 is 10.2 Å². The van der Waals surface area contributed by atoms with E-state index in [1.807, 2.05) is 30.7 Å². The van der Waals surface area contributed by atoms with Crippen molar-refractivity contribution in [2.24, 2.45) is 5.92 Å². The minimum Gasteiger partial charge on any atom is -0.390 e. The summed E-state index contributed by atoms with van der Waals surface area (Å²) in [5.74, 6) is 0.0832. The maximum absolute atomic E-state index is 9.60. The largest absolute Gasteiger partial charge is 0.390 e. The second kappa shape index (κ2) is 4.03. The van der Waals surface area contributed by atoms with Gasteiger partial charge in [0.25, 0.3) is 0 Å². The fourth-order valence-electron chi connectivity index (χ4n) is 1.01. The zero-order valence-electron chi connectivity index (χ0n) is 7.27. The van der Waals surface area contributed by atoms with Crippen molar-refractivity contribution in [3.05, 3.63) is 22.4 Å². The molecule has 0 saturated heterocycles. The summed E-state index contributed by atoms with van der Waals surface area (Å²) in [6.45, 7) is 3.78. The number of hydrogen-bond donors (Lipinski definition) is 2. The Morgan fingerprint density at radius 1 is 1.33 bits per heavy atom. The minimum atomic E-state index is -0.740. The van der Waals surface area contributed by atoms with Crippen LogP contribution in [0.1, 0.15) is 25.5 Å². The van der Waals surface area contributed by atoms with Gasteiger partial charge in [0.15, 0.2) is 0 Å². The summed E-state index contributed by atoms with van der Waals surface area (Å²) in [4.78, 5) is 0. The molecular formula is C9H14O2S. The van der Waals surface area contributed by atoms with Gasteiger partial charge in [-0.25, -0.2) is 0 Å². The third kappa shape index (κ3) is 2.06. The lowest BCUT2D eigenvalue weighted by Crippen LogP contribution is -2.23. The SMILES string of the molecule is CC(C)C(O)C(O)c1ccsc1. The van der Waals surface area contributed by atoms with Crippen LogP contribution in [0.3, 0.4) is 0 Å². The first-order valence-corrected chi connectivity index (χ1v) is 4.95. The van der Waals surface area contributed by atoms with Crippen LogP contribution < -0.4 is 0 Å². The predicted octanol–water partition coefficient (Wildman–Crippen LogP) is 1.80. The van der Waals surface area contributed by atoms with Gasteiger partial charge in [0.05, 0.1) is 6.10 Å². The van der Waals surface area contributed by atoms with Crippen LogP contribution in [0.5, 0.6) is 0 Å². The molecule has 0 bridgehead atoms. The molecule has 1 heterocycles. The molecule has 1 aromatic rings. The summed E-state index contributed by atoms with van der Waals surface area (Å²) in [6, 6.07) is 1.83. The molecule has 0 aliphatic rings. The van der Waals surface area contributed by atoms with E-state index in [2.05, 4.69) is 0 Å². The van der Waals surface area contributed by atoms with Gasteiger partial charge in [0.1, 0.15) is 6.10 Å². The molecule has 12 heavy (non-hydrogen) atoms. The van der Waals surface area contributed by atoms with Crippen molar-refractivity contribution in [3.8, 4) is 0 Å². The first-order chi connectivity index (χ1) is 5.63. The van der Waals surface area contributed by atoms with E-state index in [1.165, 1.54) is 11.3 Å². The van der Waals surface area contributed by atoms with Crippen LogP contribution in [0, 0.1) is 5.92 Å². The van der Waals surface area contributed by atoms with Crippen LogP contribution in [0.15, 0.2) is 16.8 Å². The summed E-state index contributed by atoms with van der Waals surface area (Å²) in [7, 11) is 0. The Kier molecular flexibility index (Phi) is 3.26. The molecule has 0 radical (unpaired) electrons. The van der Waals surface area contributed by atoms with Crippen molar-refractivity contribution in [2.45, 2.75) is 26.1 Å². The minimum absolute atomic E-state index is 0.0832. The molecule has 0 saturated carbocycles. The predicted molar refractivity (Wildman–Crippen MR) is 50.1 cm³/mol. The van der Waals surface area contributed by atoms with Gasteiger partial charge in [-0.05, 0) is 28.3 Å². The maximum Gasteiger partial charge on any atom is 0.106 e. The quantitative estimate of drug-likeness (QED) is 0.755. The van der Waals surface area contributed by atoms with Crippen LogP contribution >= 0.6 is 11.3 Å². The maximum atomic E-state index is 9.60. The molecule has 1 rings (SSSR count). The summed E-state index contributed by atoms with van der Waals surface area (Å²) in [5.41, 5.74) is 0.807. The van der Waals surface area contributed by atoms with E-state index in [0.717, 1.165) is 5.56 Å². The second-order valence-electron chi connectivity index (χ2n) is 3.24. The molecule has 3 heteroatoms. The van der Waals surface area contributed by atoms with Crippen molar-refractivity contribution in [3.63, 3.8) is 0 Å². The van der Waals surface area contributed by atoms with Gasteiger partial charge in [0.2, 0.25) is 0 Å². The molecule has 0 amide bonds. The highest BCUT2D eigenvalue weighted by atomic mass is 32.1. The number of aliphatic hydroxyl groups is 2. The molecule has 0 aliphatic heterocycles. The lowest BCUT2D eigenvalue weighted by atomic mass is 9.98. The van der Waals surface area contributed by atoms with E-state index in [1.54, 1.807) is 0 Å². The first kappa shape index (κ1) is 9.71. The third-order valence-electron chi connectivity index (χ3n) is 1.89. The van der Waals surface area contributed by atoms with E-state index in [9.17, 15) is 10.2 Å². The van der Waals surface area contributed by atoms with Crippen LogP contribution in [-0.4, -0.2) is 16.3 Å². The highest BCUT2D eigenvalue weighted by Crippen LogP contribution is 2.23. The molecule has 0 aromatic carbocycles. The Bertz CT molecular complexity index is 218. The summed E-state index contributed by atoms with van der Waals surface area (Å²) >= 11 is 1.53. The molecule has 0 aliphatic carbocycles. The molecule has 0 fully saturated rings. The zero-order valence-corrected chi connectivity index (χ0v) is 8.08. The topological polar surface area (TPSA) is 40.5 Å². The lowest BCUT2D eigenvalue weighted by Gasteiger charge is -2.19. The lowest BCUT2D eigenvalue weighted by molar-refractivity contribution is -0.00917. The van der Waals surface area contributed by atoms with Crippen LogP contribution in [-0.2, 0) is 0 Å². The molecule has 2 unspecified atom stereocenters. The fourth-order valence-corrected chi connectivity index (χ4v) is 1.69. The average molecular weight is 186 g/mol. The van der Waals surface area contributed by atoms with Crippen molar-refractivity contribution < 1.29 is 10.2 Å². The van der Waals surface area contributed by atoms with Gasteiger partial charge >= 0.3 is 0 Å². The van der Waals surface area contributed by atoms with Crippen molar-refractivity contribution in [2.75, 3.05) is 0 Å². The summed E-state index contributed by atoms with van der Waals surface area (Å²) in [6.07, 6.45) is -1.41. The van der Waals surface area contributed by atoms with Crippen LogP contribution in [0.2, 0.25) is 0 Å². The van der Waals surface area contributed by atoms with Crippen molar-refractivity contribution in [1.82, 2.24) is 0 Å². The summed E-state index contributed by atoms with van der Waals surface area (Å²) < 4.78 is 0. The van der Waals surface area contributed by atoms with Crippen LogP contribution in [0.25, 0.3) is 0 Å². The van der Waals surface area contributed by atoms with Crippen molar-refractivity contribution >= 4 is 11.3 Å². The smallest absolute Gasteiger partial charge is 0.106 e. The second-order valence-corrected chi connectivity index (χ2v) is 4.02. The Balaban J connectivity index is 2.65. The molecule has 1 aromatic heterocycles. The van der Waals surface area contributed by atoms with E-state index in [4.69, 9.17) is 0 Å². The molecule has 2 N–H and O–H groups in total. The first-order valence-electron chi connectivity index (χ1n) is 4.01. The summed E-state index contributed by atoms with van der Waals surface area (Å²) in [5, 5.41) is 22.9. The van der Waals surface area contributed by atoms with E-state index in [-0.39, 0.29) is 5.92 Å². The van der Waals surface area contributed by atoms with E-state index in [0.29, 0.717) is 0 Å². The number of rotatable bonds is 3. The van der Waals surface area contributed by atoms with E-state index >= 15 is 0 Å². The standard InChI is InChI=1S/C9H14O2S/c1-6(2)8(10)9(11)7-3-4-12-5-7/h3-6,8-11H,1-2H3. The van der Waals surface area contributed by atoms with Gasteiger partial charge in [-0.2, -0.15) is 11.3 Å². The highest BCUT2D eigenvalue weighted by Gasteiger charge is 2.21. The number of hydrogen-bond acceptors (Lipinski definition) is 3. The van der Waals surface area contributed by atoms with Gasteiger partial charge in [-0.3, -0.25) is 0 Å². The van der Waals surface area contributed by atoms with Gasteiger partial charge in [-0.1, -0.05) is 13.8 Å². The third-order valence-corrected chi connectivity index (χ3v) is 2.59. The van der Waals surface area contributed by atoms with Gasteiger partial charge in [0, 0.05) is 0 Å². The Morgan fingerprint density at radius 2 is 2.00 bits per heavy atom. The fraction of sp³-hybridized carbons (Fsp3) is 0.556. The Labute approximate surface area is 76.5 Å². The van der Waals surface area contributed by atoms with E-state index < -0.39 is 12.2 Å². The molecule has 68 valence electrons. The highest BCUT2D eigenvalue weighted by molar-refractivity contribution is 7.07. The Hall–Kier alpha value is -0.380. The monoisotopic (exact) mass is 186 g/mol. The number of aliphatic hydroxyl groups excluding tert-OH is 2. The molecule has 2 nitrogen and oxygen atoms in total. The molecular weight excluding hydrogens is 172 g/mol. The van der Waals surface area contributed by atoms with Crippen molar-refractivity contribution in [1.29, 1.82) is 0 Å².